The zero-order valence-corrected chi connectivity index (χ0v) is 13.6. The van der Waals surface area contributed by atoms with Gasteiger partial charge in [0.15, 0.2) is 5.82 Å². The van der Waals surface area contributed by atoms with Crippen molar-refractivity contribution in [2.45, 2.75) is 26.3 Å². The Balaban J connectivity index is 1.91. The number of carbonyl (C=O) groups excluding carboxylic acids is 1. The molecule has 2 heterocycles. The monoisotopic (exact) mass is 310 g/mol. The van der Waals surface area contributed by atoms with Crippen molar-refractivity contribution in [1.29, 1.82) is 0 Å². The lowest BCUT2D eigenvalue weighted by molar-refractivity contribution is -0.134. The van der Waals surface area contributed by atoms with Crippen LogP contribution < -0.4 is 4.90 Å². The second-order valence-electron chi connectivity index (χ2n) is 5.64. The van der Waals surface area contributed by atoms with Gasteiger partial charge < -0.3 is 9.80 Å². The number of aromatic nitrogens is 2. The Kier molecular flexibility index (Phi) is 4.55. The molecular weight excluding hydrogens is 288 g/mol. The molecule has 0 N–H and O–H groups in total. The first kappa shape index (κ1) is 15.5. The topological polar surface area (TPSA) is 49.3 Å². The number of hydrogen-bond donors (Lipinski definition) is 0. The molecule has 120 valence electrons. The standard InChI is InChI=1S/C18H22N4O/c1-3-15-18(23)21(4-2)12-13-22(15)16-10-11-19-17(20-16)14-8-6-5-7-9-14/h5-11,15H,3-4,12-13H2,1-2H3/t15-/m1/s1. The zero-order chi connectivity index (χ0) is 16.2. The van der Waals surface area contributed by atoms with Gasteiger partial charge in [0.2, 0.25) is 5.91 Å². The molecule has 1 aliphatic rings. The third-order valence-electron chi connectivity index (χ3n) is 4.32. The molecule has 0 spiro atoms. The van der Waals surface area contributed by atoms with Crippen molar-refractivity contribution >= 4 is 11.7 Å². The van der Waals surface area contributed by atoms with Gasteiger partial charge in [-0.05, 0) is 19.4 Å². The van der Waals surface area contributed by atoms with Gasteiger partial charge in [0.1, 0.15) is 11.9 Å². The molecule has 23 heavy (non-hydrogen) atoms. The average molecular weight is 310 g/mol. The van der Waals surface area contributed by atoms with E-state index in [0.717, 1.165) is 37.4 Å². The summed E-state index contributed by atoms with van der Waals surface area (Å²) >= 11 is 0. The van der Waals surface area contributed by atoms with E-state index in [-0.39, 0.29) is 11.9 Å². The Hall–Kier alpha value is -2.43. The van der Waals surface area contributed by atoms with Crippen molar-refractivity contribution in [2.75, 3.05) is 24.5 Å². The van der Waals surface area contributed by atoms with Gasteiger partial charge >= 0.3 is 0 Å². The van der Waals surface area contributed by atoms with E-state index in [1.807, 2.05) is 55.1 Å². The molecule has 1 amide bonds. The van der Waals surface area contributed by atoms with Crippen LogP contribution in [0.4, 0.5) is 5.82 Å². The van der Waals surface area contributed by atoms with E-state index in [9.17, 15) is 4.79 Å². The SMILES string of the molecule is CC[C@@H]1C(=O)N(CC)CCN1c1ccnc(-c2ccccc2)n1. The van der Waals surface area contributed by atoms with Gasteiger partial charge in [-0.1, -0.05) is 37.3 Å². The normalized spacial score (nSPS) is 18.3. The minimum absolute atomic E-state index is 0.137. The predicted octanol–water partition coefficient (Wildman–Crippen LogP) is 2.59. The van der Waals surface area contributed by atoms with Crippen LogP contribution in [0.3, 0.4) is 0 Å². The third-order valence-corrected chi connectivity index (χ3v) is 4.32. The Morgan fingerprint density at radius 3 is 2.61 bits per heavy atom. The van der Waals surface area contributed by atoms with E-state index >= 15 is 0 Å². The third kappa shape index (κ3) is 3.04. The lowest BCUT2D eigenvalue weighted by Gasteiger charge is -2.40. The van der Waals surface area contributed by atoms with Gasteiger partial charge in [0, 0.05) is 31.4 Å². The Labute approximate surface area is 137 Å². The molecule has 1 saturated heterocycles. The maximum atomic E-state index is 12.6. The van der Waals surface area contributed by atoms with Gasteiger partial charge in [0.05, 0.1) is 0 Å². The number of anilines is 1. The Morgan fingerprint density at radius 1 is 1.13 bits per heavy atom. The van der Waals surface area contributed by atoms with Crippen LogP contribution in [0.1, 0.15) is 20.3 Å². The van der Waals surface area contributed by atoms with Crippen LogP contribution in [-0.2, 0) is 4.79 Å². The smallest absolute Gasteiger partial charge is 0.245 e. The lowest BCUT2D eigenvalue weighted by Crippen LogP contribution is -2.57. The summed E-state index contributed by atoms with van der Waals surface area (Å²) in [5, 5.41) is 0. The molecule has 5 heteroatoms. The molecule has 0 aliphatic carbocycles. The summed E-state index contributed by atoms with van der Waals surface area (Å²) in [4.78, 5) is 25.7. The Bertz CT molecular complexity index is 674. The summed E-state index contributed by atoms with van der Waals surface area (Å²) in [5.74, 6) is 1.72. The number of rotatable bonds is 4. The molecule has 0 saturated carbocycles. The van der Waals surface area contributed by atoms with E-state index in [0.29, 0.717) is 5.82 Å². The molecule has 0 radical (unpaired) electrons. The fraction of sp³-hybridized carbons (Fsp3) is 0.389. The van der Waals surface area contributed by atoms with Crippen molar-refractivity contribution in [3.63, 3.8) is 0 Å². The number of nitrogens with zero attached hydrogens (tertiary/aromatic N) is 4. The second kappa shape index (κ2) is 6.77. The molecule has 1 atom stereocenters. The highest BCUT2D eigenvalue weighted by Crippen LogP contribution is 2.23. The molecule has 3 rings (SSSR count). The average Bonchev–Trinajstić information content (AvgIpc) is 2.62. The number of hydrogen-bond acceptors (Lipinski definition) is 4. The Morgan fingerprint density at radius 2 is 1.91 bits per heavy atom. The summed E-state index contributed by atoms with van der Waals surface area (Å²) in [6.07, 6.45) is 2.55. The summed E-state index contributed by atoms with van der Waals surface area (Å²) in [6, 6.07) is 11.7. The van der Waals surface area contributed by atoms with Crippen LogP contribution in [0.25, 0.3) is 11.4 Å². The van der Waals surface area contributed by atoms with E-state index < -0.39 is 0 Å². The number of benzene rings is 1. The number of piperazine rings is 1. The van der Waals surface area contributed by atoms with E-state index in [4.69, 9.17) is 4.98 Å². The van der Waals surface area contributed by atoms with E-state index in [1.165, 1.54) is 0 Å². The highest BCUT2D eigenvalue weighted by atomic mass is 16.2. The first-order chi connectivity index (χ1) is 11.2. The summed E-state index contributed by atoms with van der Waals surface area (Å²) in [7, 11) is 0. The first-order valence-corrected chi connectivity index (χ1v) is 8.18. The van der Waals surface area contributed by atoms with Crippen LogP contribution in [0.2, 0.25) is 0 Å². The second-order valence-corrected chi connectivity index (χ2v) is 5.64. The van der Waals surface area contributed by atoms with Crippen molar-refractivity contribution in [1.82, 2.24) is 14.9 Å². The van der Waals surface area contributed by atoms with Crippen molar-refractivity contribution in [3.8, 4) is 11.4 Å². The maximum Gasteiger partial charge on any atom is 0.245 e. The fourth-order valence-corrected chi connectivity index (χ4v) is 3.06. The van der Waals surface area contributed by atoms with Crippen LogP contribution in [0, 0.1) is 0 Å². The highest BCUT2D eigenvalue weighted by Gasteiger charge is 2.33. The van der Waals surface area contributed by atoms with Crippen molar-refractivity contribution in [3.05, 3.63) is 42.6 Å². The van der Waals surface area contributed by atoms with Gasteiger partial charge in [-0.25, -0.2) is 9.97 Å². The molecule has 1 aromatic heterocycles. The summed E-state index contributed by atoms with van der Waals surface area (Å²) < 4.78 is 0. The van der Waals surface area contributed by atoms with Gasteiger partial charge in [-0.3, -0.25) is 4.79 Å². The van der Waals surface area contributed by atoms with Crippen LogP contribution in [0.15, 0.2) is 42.6 Å². The number of carbonyl (C=O) groups is 1. The molecule has 0 bridgehead atoms. The largest absolute Gasteiger partial charge is 0.343 e. The molecule has 2 aromatic rings. The quantitative estimate of drug-likeness (QED) is 0.871. The zero-order valence-electron chi connectivity index (χ0n) is 13.6. The lowest BCUT2D eigenvalue weighted by atomic mass is 10.1. The van der Waals surface area contributed by atoms with Gasteiger partial charge in [-0.15, -0.1) is 0 Å². The molecule has 0 unspecified atom stereocenters. The predicted molar refractivity (Wildman–Crippen MR) is 91.1 cm³/mol. The van der Waals surface area contributed by atoms with Crippen LogP contribution in [0.5, 0.6) is 0 Å². The number of amides is 1. The minimum Gasteiger partial charge on any atom is -0.343 e. The fourth-order valence-electron chi connectivity index (χ4n) is 3.06. The van der Waals surface area contributed by atoms with E-state index in [1.54, 1.807) is 6.20 Å². The molecule has 5 nitrogen and oxygen atoms in total. The minimum atomic E-state index is -0.137. The van der Waals surface area contributed by atoms with Gasteiger partial charge in [-0.2, -0.15) is 0 Å². The van der Waals surface area contributed by atoms with Crippen molar-refractivity contribution < 1.29 is 4.79 Å². The maximum absolute atomic E-state index is 12.6. The molecule has 1 fully saturated rings. The molecule has 1 aliphatic heterocycles. The highest BCUT2D eigenvalue weighted by molar-refractivity contribution is 5.86. The summed E-state index contributed by atoms with van der Waals surface area (Å²) in [5.41, 5.74) is 0.987. The first-order valence-electron chi connectivity index (χ1n) is 8.18. The number of likely N-dealkylation sites (N-methyl/N-ethyl adjacent to an activating group) is 1. The molecule has 1 aromatic carbocycles. The summed E-state index contributed by atoms with van der Waals surface area (Å²) in [6.45, 7) is 6.40. The van der Waals surface area contributed by atoms with E-state index in [2.05, 4.69) is 9.88 Å². The van der Waals surface area contributed by atoms with Crippen molar-refractivity contribution in [2.24, 2.45) is 0 Å². The molecular formula is C18H22N4O. The van der Waals surface area contributed by atoms with Crippen LogP contribution >= 0.6 is 0 Å². The van der Waals surface area contributed by atoms with Gasteiger partial charge in [0.25, 0.3) is 0 Å². The van der Waals surface area contributed by atoms with Crippen LogP contribution in [-0.4, -0.2) is 46.5 Å².